The molecule has 0 spiro atoms. The number of amides is 1. The van der Waals surface area contributed by atoms with Gasteiger partial charge in [-0.3, -0.25) is 9.78 Å². The molecule has 0 saturated carbocycles. The first kappa shape index (κ1) is 16.9. The maximum Gasteiger partial charge on any atom is 0.263 e. The Hall–Kier alpha value is -2.52. The molecule has 3 aromatic heterocycles. The molecule has 2 N–H and O–H groups in total. The molecule has 7 nitrogen and oxygen atoms in total. The highest BCUT2D eigenvalue weighted by Crippen LogP contribution is 2.28. The minimum Gasteiger partial charge on any atom is -0.316 e. The molecule has 134 valence electrons. The highest BCUT2D eigenvalue weighted by atomic mass is 32.1. The number of nitrogens with zero attached hydrogens (tertiary/aromatic N) is 4. The van der Waals surface area contributed by atoms with Crippen molar-refractivity contribution < 1.29 is 9.18 Å². The fourth-order valence-corrected chi connectivity index (χ4v) is 3.58. The first-order valence-corrected chi connectivity index (χ1v) is 9.12. The second kappa shape index (κ2) is 6.65. The van der Waals surface area contributed by atoms with Crippen LogP contribution in [0.2, 0.25) is 0 Å². The first-order valence-electron chi connectivity index (χ1n) is 8.31. The minimum atomic E-state index is -1.86. The van der Waals surface area contributed by atoms with Gasteiger partial charge in [-0.2, -0.15) is 0 Å². The summed E-state index contributed by atoms with van der Waals surface area (Å²) in [6.07, 6.45) is 3.60. The smallest absolute Gasteiger partial charge is 0.263 e. The molecule has 1 amide bonds. The van der Waals surface area contributed by atoms with Crippen molar-refractivity contribution in [3.8, 4) is 10.6 Å². The molecule has 4 heterocycles. The standard InChI is InChI=1S/C17H17FN6OS/c1-10-23-24-15(26-10)12-6-11-7-14(21-9-13(11)20-8-12)22-16(25)17(18)2-4-19-5-3-17/h6-9,19H,2-5H2,1H3,(H,21,22,25). The number of hydrogen-bond acceptors (Lipinski definition) is 7. The van der Waals surface area contributed by atoms with Crippen LogP contribution in [0.1, 0.15) is 17.8 Å². The molecule has 0 aliphatic carbocycles. The van der Waals surface area contributed by atoms with E-state index in [9.17, 15) is 9.18 Å². The molecule has 4 rings (SSSR count). The Kier molecular flexibility index (Phi) is 4.33. The second-order valence-electron chi connectivity index (χ2n) is 6.28. The molecule has 0 unspecified atom stereocenters. The summed E-state index contributed by atoms with van der Waals surface area (Å²) in [5.74, 6) is -0.333. The van der Waals surface area contributed by atoms with Gasteiger partial charge in [0.1, 0.15) is 15.8 Å². The van der Waals surface area contributed by atoms with Crippen LogP contribution in [0.4, 0.5) is 10.2 Å². The lowest BCUT2D eigenvalue weighted by atomic mass is 9.93. The largest absolute Gasteiger partial charge is 0.316 e. The van der Waals surface area contributed by atoms with Gasteiger partial charge in [0, 0.05) is 30.0 Å². The van der Waals surface area contributed by atoms with Crippen LogP contribution in [0.5, 0.6) is 0 Å². The minimum absolute atomic E-state index is 0.161. The van der Waals surface area contributed by atoms with Crippen molar-refractivity contribution in [1.82, 2.24) is 25.5 Å². The zero-order valence-electron chi connectivity index (χ0n) is 14.1. The number of pyridine rings is 2. The first-order chi connectivity index (χ1) is 12.5. The van der Waals surface area contributed by atoms with E-state index in [0.29, 0.717) is 24.4 Å². The number of carbonyl (C=O) groups excluding carboxylic acids is 1. The number of anilines is 1. The van der Waals surface area contributed by atoms with E-state index < -0.39 is 11.6 Å². The Morgan fingerprint density at radius 1 is 1.23 bits per heavy atom. The fourth-order valence-electron chi connectivity index (χ4n) is 2.91. The molecule has 26 heavy (non-hydrogen) atoms. The molecule has 3 aromatic rings. The van der Waals surface area contributed by atoms with Gasteiger partial charge < -0.3 is 10.6 Å². The third-order valence-electron chi connectivity index (χ3n) is 4.39. The van der Waals surface area contributed by atoms with Crippen molar-refractivity contribution in [1.29, 1.82) is 0 Å². The van der Waals surface area contributed by atoms with Crippen molar-refractivity contribution in [2.75, 3.05) is 18.4 Å². The molecule has 0 bridgehead atoms. The van der Waals surface area contributed by atoms with Gasteiger partial charge >= 0.3 is 0 Å². The number of piperidine rings is 1. The molecule has 1 aliphatic heterocycles. The number of alkyl halides is 1. The second-order valence-corrected chi connectivity index (χ2v) is 7.46. The summed E-state index contributed by atoms with van der Waals surface area (Å²) in [7, 11) is 0. The zero-order chi connectivity index (χ0) is 18.1. The number of halogens is 1. The van der Waals surface area contributed by atoms with Gasteiger partial charge in [0.2, 0.25) is 0 Å². The van der Waals surface area contributed by atoms with Gasteiger partial charge in [0.15, 0.2) is 5.67 Å². The molecular weight excluding hydrogens is 355 g/mol. The highest BCUT2D eigenvalue weighted by molar-refractivity contribution is 7.14. The predicted molar refractivity (Wildman–Crippen MR) is 97.8 cm³/mol. The lowest BCUT2D eigenvalue weighted by Crippen LogP contribution is -2.47. The van der Waals surface area contributed by atoms with E-state index in [1.54, 1.807) is 18.5 Å². The zero-order valence-corrected chi connectivity index (χ0v) is 14.9. The Morgan fingerprint density at radius 2 is 2.04 bits per heavy atom. The summed E-state index contributed by atoms with van der Waals surface area (Å²) < 4.78 is 14.7. The predicted octanol–water partition coefficient (Wildman–Crippen LogP) is 2.49. The van der Waals surface area contributed by atoms with Crippen LogP contribution in [-0.2, 0) is 4.79 Å². The van der Waals surface area contributed by atoms with Crippen LogP contribution in [0.3, 0.4) is 0 Å². The molecule has 0 aromatic carbocycles. The van der Waals surface area contributed by atoms with Crippen molar-refractivity contribution in [2.45, 2.75) is 25.4 Å². The van der Waals surface area contributed by atoms with Gasteiger partial charge in [0.25, 0.3) is 5.91 Å². The van der Waals surface area contributed by atoms with E-state index in [1.165, 1.54) is 11.3 Å². The number of fused-ring (bicyclic) bond motifs is 1. The number of aryl methyl sites for hydroxylation is 1. The van der Waals surface area contributed by atoms with Gasteiger partial charge in [-0.05, 0) is 32.1 Å². The Balaban J connectivity index is 1.61. The quantitative estimate of drug-likeness (QED) is 0.734. The normalized spacial score (nSPS) is 16.5. The topological polar surface area (TPSA) is 92.7 Å². The van der Waals surface area contributed by atoms with Crippen LogP contribution in [0.15, 0.2) is 24.5 Å². The Labute approximate surface area is 153 Å². The molecule has 0 atom stereocenters. The summed E-state index contributed by atoms with van der Waals surface area (Å²) in [6, 6.07) is 3.61. The van der Waals surface area contributed by atoms with Crippen LogP contribution in [0.25, 0.3) is 21.5 Å². The fraction of sp³-hybridized carbons (Fsp3) is 0.353. The van der Waals surface area contributed by atoms with E-state index in [4.69, 9.17) is 0 Å². The van der Waals surface area contributed by atoms with Crippen LogP contribution in [0, 0.1) is 6.92 Å². The van der Waals surface area contributed by atoms with Crippen molar-refractivity contribution in [2.24, 2.45) is 0 Å². The molecule has 1 aliphatic rings. The summed E-state index contributed by atoms with van der Waals surface area (Å²) in [6.45, 7) is 2.87. The number of nitrogens with one attached hydrogen (secondary N) is 2. The van der Waals surface area contributed by atoms with Crippen molar-refractivity contribution >= 4 is 34.0 Å². The maximum atomic E-state index is 14.7. The van der Waals surface area contributed by atoms with Crippen LogP contribution < -0.4 is 10.6 Å². The van der Waals surface area contributed by atoms with Gasteiger partial charge in [-0.15, -0.1) is 10.2 Å². The average molecular weight is 372 g/mol. The van der Waals surface area contributed by atoms with Crippen LogP contribution >= 0.6 is 11.3 Å². The molecule has 9 heteroatoms. The molecule has 1 saturated heterocycles. The number of aromatic nitrogens is 4. The summed E-state index contributed by atoms with van der Waals surface area (Å²) in [4.78, 5) is 20.9. The van der Waals surface area contributed by atoms with Crippen molar-refractivity contribution in [3.05, 3.63) is 29.5 Å². The number of rotatable bonds is 3. The van der Waals surface area contributed by atoms with E-state index in [0.717, 1.165) is 21.0 Å². The number of carbonyl (C=O) groups is 1. The molecule has 0 radical (unpaired) electrons. The Morgan fingerprint density at radius 3 is 2.77 bits per heavy atom. The van der Waals surface area contributed by atoms with Crippen LogP contribution in [-0.4, -0.2) is 44.8 Å². The third kappa shape index (κ3) is 3.27. The number of hydrogen-bond donors (Lipinski definition) is 2. The summed E-state index contributed by atoms with van der Waals surface area (Å²) in [5, 5.41) is 16.2. The third-order valence-corrected chi connectivity index (χ3v) is 5.27. The van der Waals surface area contributed by atoms with Crippen molar-refractivity contribution in [3.63, 3.8) is 0 Å². The summed E-state index contributed by atoms with van der Waals surface area (Å²) in [5.41, 5.74) is -0.330. The maximum absolute atomic E-state index is 14.7. The lowest BCUT2D eigenvalue weighted by Gasteiger charge is -2.28. The van der Waals surface area contributed by atoms with Gasteiger partial charge in [-0.25, -0.2) is 9.37 Å². The van der Waals surface area contributed by atoms with E-state index >= 15 is 0 Å². The summed E-state index contributed by atoms with van der Waals surface area (Å²) >= 11 is 1.48. The van der Waals surface area contributed by atoms with Gasteiger partial charge in [-0.1, -0.05) is 11.3 Å². The van der Waals surface area contributed by atoms with Gasteiger partial charge in [0.05, 0.1) is 11.7 Å². The Bertz CT molecular complexity index is 969. The molecular formula is C17H17FN6OS. The van der Waals surface area contributed by atoms with E-state index in [2.05, 4.69) is 30.8 Å². The molecule has 1 fully saturated rings. The van der Waals surface area contributed by atoms with E-state index in [-0.39, 0.29) is 12.8 Å². The van der Waals surface area contributed by atoms with E-state index in [1.807, 2.05) is 13.0 Å². The SMILES string of the molecule is Cc1nnc(-c2cnc3cnc(NC(=O)C4(F)CCNCC4)cc3c2)s1. The average Bonchev–Trinajstić information content (AvgIpc) is 3.08. The lowest BCUT2D eigenvalue weighted by molar-refractivity contribution is -0.129. The highest BCUT2D eigenvalue weighted by Gasteiger charge is 2.39. The monoisotopic (exact) mass is 372 g/mol.